The molecular weight excluding hydrogens is 396 g/mol. The first-order valence-electron chi connectivity index (χ1n) is 10.2. The lowest BCUT2D eigenvalue weighted by molar-refractivity contribution is -0.140. The van der Waals surface area contributed by atoms with Gasteiger partial charge < -0.3 is 24.4 Å². The number of hydrogen-bond donors (Lipinski definition) is 1. The number of aliphatic hydroxyl groups excluding tert-OH is 1. The Kier molecular flexibility index (Phi) is 6.97. The molecule has 1 saturated heterocycles. The van der Waals surface area contributed by atoms with Gasteiger partial charge in [-0.1, -0.05) is 24.3 Å². The highest BCUT2D eigenvalue weighted by Gasteiger charge is 2.46. The maximum Gasteiger partial charge on any atom is 0.295 e. The Labute approximate surface area is 182 Å². The molecule has 0 aromatic heterocycles. The highest BCUT2D eigenvalue weighted by molar-refractivity contribution is 6.46. The second kappa shape index (κ2) is 9.66. The zero-order valence-electron chi connectivity index (χ0n) is 18.3. The van der Waals surface area contributed by atoms with E-state index in [1.165, 1.54) is 12.0 Å². The van der Waals surface area contributed by atoms with Crippen molar-refractivity contribution >= 4 is 17.4 Å². The molecule has 1 N–H and O–H groups in total. The lowest BCUT2D eigenvalue weighted by Crippen LogP contribution is -2.35. The summed E-state index contributed by atoms with van der Waals surface area (Å²) in [5.41, 5.74) is 1.14. The van der Waals surface area contributed by atoms with Crippen LogP contribution in [0, 0.1) is 0 Å². The highest BCUT2D eigenvalue weighted by Crippen LogP contribution is 2.41. The molecule has 0 radical (unpaired) electrons. The van der Waals surface area contributed by atoms with Crippen molar-refractivity contribution in [3.63, 3.8) is 0 Å². The molecule has 0 bridgehead atoms. The molecule has 1 fully saturated rings. The summed E-state index contributed by atoms with van der Waals surface area (Å²) in [6.45, 7) is 3.36. The van der Waals surface area contributed by atoms with E-state index in [1.54, 1.807) is 36.4 Å². The number of hydrogen-bond acceptors (Lipinski definition) is 6. The minimum atomic E-state index is -0.708. The van der Waals surface area contributed by atoms with Gasteiger partial charge in [-0.2, -0.15) is 0 Å². The standard InChI is InChI=1S/C24H28N2O5/c1-5-31-17-12-10-16(11-13-17)21-20(22(27)18-8-6-7-9-19(18)30-4)23(28)24(29)26(21)15-14-25(2)3/h6-13,21,27H,5,14-15H2,1-4H3/b22-20+. The van der Waals surface area contributed by atoms with Gasteiger partial charge in [-0.05, 0) is 50.8 Å². The van der Waals surface area contributed by atoms with Gasteiger partial charge in [0, 0.05) is 13.1 Å². The summed E-state index contributed by atoms with van der Waals surface area (Å²) in [5.74, 6) is -0.466. The van der Waals surface area contributed by atoms with Gasteiger partial charge in [0.25, 0.3) is 11.7 Å². The van der Waals surface area contributed by atoms with E-state index < -0.39 is 17.7 Å². The number of carbonyl (C=O) groups is 2. The molecule has 7 heteroatoms. The fraction of sp³-hybridized carbons (Fsp3) is 0.333. The van der Waals surface area contributed by atoms with Gasteiger partial charge in [-0.25, -0.2) is 0 Å². The molecule has 1 aliphatic heterocycles. The molecule has 3 rings (SSSR count). The van der Waals surface area contributed by atoms with Gasteiger partial charge in [-0.3, -0.25) is 9.59 Å². The van der Waals surface area contributed by atoms with E-state index in [2.05, 4.69) is 0 Å². The molecule has 164 valence electrons. The lowest BCUT2D eigenvalue weighted by Gasteiger charge is -2.26. The minimum absolute atomic E-state index is 0.0532. The molecule has 1 unspecified atom stereocenters. The molecular formula is C24H28N2O5. The first-order chi connectivity index (χ1) is 14.9. The van der Waals surface area contributed by atoms with Crippen LogP contribution < -0.4 is 9.47 Å². The molecule has 1 amide bonds. The van der Waals surface area contributed by atoms with Crippen LogP contribution in [0.2, 0.25) is 0 Å². The molecule has 1 aliphatic rings. The fourth-order valence-corrected chi connectivity index (χ4v) is 3.66. The molecule has 0 spiro atoms. The van der Waals surface area contributed by atoms with Crippen molar-refractivity contribution in [3.05, 3.63) is 65.2 Å². The Hall–Kier alpha value is -3.32. The molecule has 0 saturated carbocycles. The van der Waals surface area contributed by atoms with Crippen molar-refractivity contribution in [1.29, 1.82) is 0 Å². The second-order valence-corrected chi connectivity index (χ2v) is 7.50. The Morgan fingerprint density at radius 1 is 1.10 bits per heavy atom. The van der Waals surface area contributed by atoms with E-state index in [0.717, 1.165) is 5.56 Å². The molecule has 7 nitrogen and oxygen atoms in total. The summed E-state index contributed by atoms with van der Waals surface area (Å²) in [6, 6.07) is 13.4. The predicted molar refractivity (Wildman–Crippen MR) is 118 cm³/mol. The van der Waals surface area contributed by atoms with Crippen LogP contribution in [-0.4, -0.2) is 67.5 Å². The maximum atomic E-state index is 13.0. The van der Waals surface area contributed by atoms with Crippen molar-refractivity contribution < 1.29 is 24.2 Å². The first kappa shape index (κ1) is 22.4. The van der Waals surface area contributed by atoms with Crippen molar-refractivity contribution in [3.8, 4) is 11.5 Å². The summed E-state index contributed by atoms with van der Waals surface area (Å²) < 4.78 is 10.9. The number of ether oxygens (including phenoxy) is 2. The van der Waals surface area contributed by atoms with Crippen molar-refractivity contribution in [1.82, 2.24) is 9.80 Å². The number of para-hydroxylation sites is 1. The normalized spacial score (nSPS) is 18.0. The number of rotatable bonds is 8. The Morgan fingerprint density at radius 2 is 1.77 bits per heavy atom. The molecule has 1 heterocycles. The maximum absolute atomic E-state index is 13.0. The van der Waals surface area contributed by atoms with Gasteiger partial charge >= 0.3 is 0 Å². The zero-order chi connectivity index (χ0) is 22.5. The third-order valence-corrected chi connectivity index (χ3v) is 5.20. The summed E-state index contributed by atoms with van der Waals surface area (Å²) in [6.07, 6.45) is 0. The van der Waals surface area contributed by atoms with Crippen molar-refractivity contribution in [2.45, 2.75) is 13.0 Å². The van der Waals surface area contributed by atoms with Gasteiger partial charge in [0.1, 0.15) is 17.3 Å². The van der Waals surface area contributed by atoms with E-state index >= 15 is 0 Å². The van der Waals surface area contributed by atoms with Crippen LogP contribution in [0.25, 0.3) is 5.76 Å². The van der Waals surface area contributed by atoms with Crippen molar-refractivity contribution in [2.75, 3.05) is 40.9 Å². The van der Waals surface area contributed by atoms with E-state index in [0.29, 0.717) is 36.8 Å². The molecule has 0 aliphatic carbocycles. The Balaban J connectivity index is 2.14. The number of amides is 1. The van der Waals surface area contributed by atoms with Crippen LogP contribution >= 0.6 is 0 Å². The Morgan fingerprint density at radius 3 is 2.39 bits per heavy atom. The highest BCUT2D eigenvalue weighted by atomic mass is 16.5. The smallest absolute Gasteiger partial charge is 0.295 e. The van der Waals surface area contributed by atoms with Crippen LogP contribution in [0.15, 0.2) is 54.1 Å². The molecule has 2 aromatic carbocycles. The SMILES string of the molecule is CCOc1ccc(C2/C(=C(\O)c3ccccc3OC)C(=O)C(=O)N2CCN(C)C)cc1. The first-order valence-corrected chi connectivity index (χ1v) is 10.2. The summed E-state index contributed by atoms with van der Waals surface area (Å²) in [5, 5.41) is 11.2. The zero-order valence-corrected chi connectivity index (χ0v) is 18.3. The van der Waals surface area contributed by atoms with E-state index in [-0.39, 0.29) is 11.3 Å². The quantitative estimate of drug-likeness (QED) is 0.399. The number of Topliss-reactive ketones (excluding diaryl/α,β-unsaturated/α-hetero) is 1. The fourth-order valence-electron chi connectivity index (χ4n) is 3.66. The van der Waals surface area contributed by atoms with Crippen molar-refractivity contribution in [2.24, 2.45) is 0 Å². The third-order valence-electron chi connectivity index (χ3n) is 5.20. The average molecular weight is 424 g/mol. The van der Waals surface area contributed by atoms with E-state index in [9.17, 15) is 14.7 Å². The molecule has 2 aromatic rings. The number of carbonyl (C=O) groups excluding carboxylic acids is 2. The topological polar surface area (TPSA) is 79.3 Å². The number of likely N-dealkylation sites (N-methyl/N-ethyl adjacent to an activating group) is 1. The predicted octanol–water partition coefficient (Wildman–Crippen LogP) is 3.08. The lowest BCUT2D eigenvalue weighted by atomic mass is 9.95. The van der Waals surface area contributed by atoms with Gasteiger partial charge in [0.05, 0.1) is 30.9 Å². The van der Waals surface area contributed by atoms with Gasteiger partial charge in [-0.15, -0.1) is 0 Å². The largest absolute Gasteiger partial charge is 0.507 e. The van der Waals surface area contributed by atoms with Crippen LogP contribution in [0.1, 0.15) is 24.1 Å². The van der Waals surface area contributed by atoms with Gasteiger partial charge in [0.15, 0.2) is 0 Å². The molecule has 31 heavy (non-hydrogen) atoms. The number of likely N-dealkylation sites (tertiary alicyclic amines) is 1. The second-order valence-electron chi connectivity index (χ2n) is 7.50. The monoisotopic (exact) mass is 424 g/mol. The van der Waals surface area contributed by atoms with E-state index in [1.807, 2.05) is 38.1 Å². The van der Waals surface area contributed by atoms with Gasteiger partial charge in [0.2, 0.25) is 0 Å². The van der Waals surface area contributed by atoms with Crippen LogP contribution in [0.3, 0.4) is 0 Å². The number of aliphatic hydroxyl groups is 1. The summed E-state index contributed by atoms with van der Waals surface area (Å²) >= 11 is 0. The summed E-state index contributed by atoms with van der Waals surface area (Å²) in [7, 11) is 5.29. The number of benzene rings is 2. The number of ketones is 1. The molecule has 1 atom stereocenters. The van der Waals surface area contributed by atoms with E-state index in [4.69, 9.17) is 9.47 Å². The Bertz CT molecular complexity index is 982. The minimum Gasteiger partial charge on any atom is -0.507 e. The van der Waals surface area contributed by atoms with Crippen LogP contribution in [-0.2, 0) is 9.59 Å². The third kappa shape index (κ3) is 4.56. The van der Waals surface area contributed by atoms with Crippen LogP contribution in [0.4, 0.5) is 0 Å². The number of nitrogens with zero attached hydrogens (tertiary/aromatic N) is 2. The number of methoxy groups -OCH3 is 1. The average Bonchev–Trinajstić information content (AvgIpc) is 3.02. The van der Waals surface area contributed by atoms with Crippen LogP contribution in [0.5, 0.6) is 11.5 Å². The summed E-state index contributed by atoms with van der Waals surface area (Å²) in [4.78, 5) is 29.4.